The Labute approximate surface area is 84.1 Å². The molecule has 0 saturated heterocycles. The maximum Gasteiger partial charge on any atom is 0.139 e. The van der Waals surface area contributed by atoms with E-state index in [2.05, 4.69) is 13.8 Å². The summed E-state index contributed by atoms with van der Waals surface area (Å²) in [5, 5.41) is 0. The van der Waals surface area contributed by atoms with E-state index >= 15 is 0 Å². The van der Waals surface area contributed by atoms with Gasteiger partial charge in [0.25, 0.3) is 0 Å². The van der Waals surface area contributed by atoms with Crippen LogP contribution in [0.3, 0.4) is 0 Å². The van der Waals surface area contributed by atoms with Gasteiger partial charge in [0.1, 0.15) is 11.6 Å². The van der Waals surface area contributed by atoms with Gasteiger partial charge in [0.05, 0.1) is 0 Å². The molecule has 0 radical (unpaired) electrons. The predicted molar refractivity (Wildman–Crippen MR) is 51.7 cm³/mol. The zero-order valence-corrected chi connectivity index (χ0v) is 8.80. The summed E-state index contributed by atoms with van der Waals surface area (Å²) < 4.78 is 0. The van der Waals surface area contributed by atoms with Gasteiger partial charge < -0.3 is 0 Å². The molecule has 3 fully saturated rings. The molecule has 14 heavy (non-hydrogen) atoms. The van der Waals surface area contributed by atoms with Crippen molar-refractivity contribution >= 4 is 11.6 Å². The minimum Gasteiger partial charge on any atom is -0.300 e. The molecule has 0 aromatic heterocycles. The lowest BCUT2D eigenvalue weighted by molar-refractivity contribution is -0.139. The first-order valence-electron chi connectivity index (χ1n) is 5.53. The fourth-order valence-electron chi connectivity index (χ4n) is 4.39. The van der Waals surface area contributed by atoms with Gasteiger partial charge in [0.15, 0.2) is 0 Å². The van der Waals surface area contributed by atoms with Crippen molar-refractivity contribution in [3.63, 3.8) is 0 Å². The fourth-order valence-corrected chi connectivity index (χ4v) is 4.39. The first kappa shape index (κ1) is 8.63. The van der Waals surface area contributed by atoms with Crippen LogP contribution >= 0.6 is 0 Å². The number of hydrogen-bond donors (Lipinski definition) is 0. The molecule has 4 atom stereocenters. The van der Waals surface area contributed by atoms with Crippen molar-refractivity contribution in [2.75, 3.05) is 0 Å². The maximum absolute atomic E-state index is 12.0. The second kappa shape index (κ2) is 2.12. The lowest BCUT2D eigenvalue weighted by Gasteiger charge is -2.43. The highest BCUT2D eigenvalue weighted by Crippen LogP contribution is 2.70. The monoisotopic (exact) mass is 192 g/mol. The average Bonchev–Trinajstić information content (AvgIpc) is 2.35. The number of Topliss-reactive ketones (excluding diaryl/α,β-unsaturated/α-hetero) is 2. The Morgan fingerprint density at radius 2 is 1.86 bits per heavy atom. The number of carbonyl (C=O) groups excluding carboxylic acids is 2. The van der Waals surface area contributed by atoms with Gasteiger partial charge in [-0.15, -0.1) is 0 Å². The number of rotatable bonds is 0. The van der Waals surface area contributed by atoms with Crippen LogP contribution in [-0.4, -0.2) is 11.6 Å². The van der Waals surface area contributed by atoms with Crippen LogP contribution in [0, 0.1) is 22.7 Å². The third-order valence-electron chi connectivity index (χ3n) is 5.52. The molecule has 3 rings (SSSR count). The minimum absolute atomic E-state index is 0.00405. The van der Waals surface area contributed by atoms with Gasteiger partial charge in [-0.25, -0.2) is 0 Å². The largest absolute Gasteiger partial charge is 0.300 e. The van der Waals surface area contributed by atoms with Crippen LogP contribution in [-0.2, 0) is 9.59 Å². The molecule has 0 aliphatic heterocycles. The summed E-state index contributed by atoms with van der Waals surface area (Å²) in [5.41, 5.74) is -0.157. The summed E-state index contributed by atoms with van der Waals surface area (Å²) in [4.78, 5) is 23.6. The van der Waals surface area contributed by atoms with Crippen molar-refractivity contribution in [2.45, 2.75) is 39.5 Å². The van der Waals surface area contributed by atoms with E-state index in [1.54, 1.807) is 0 Å². The molecular formula is C12H16O2. The Morgan fingerprint density at radius 3 is 2.50 bits per heavy atom. The van der Waals surface area contributed by atoms with E-state index in [9.17, 15) is 9.59 Å². The van der Waals surface area contributed by atoms with Crippen LogP contribution < -0.4 is 0 Å². The van der Waals surface area contributed by atoms with Gasteiger partial charge in [-0.05, 0) is 23.7 Å². The highest BCUT2D eigenvalue weighted by molar-refractivity contribution is 5.94. The second-order valence-corrected chi connectivity index (χ2v) is 5.80. The third-order valence-corrected chi connectivity index (χ3v) is 5.52. The van der Waals surface area contributed by atoms with Crippen molar-refractivity contribution in [3.8, 4) is 0 Å². The summed E-state index contributed by atoms with van der Waals surface area (Å²) in [7, 11) is 0. The van der Waals surface area contributed by atoms with Gasteiger partial charge in [0.2, 0.25) is 0 Å². The van der Waals surface area contributed by atoms with Crippen molar-refractivity contribution in [3.05, 3.63) is 0 Å². The second-order valence-electron chi connectivity index (χ2n) is 5.80. The highest BCUT2D eigenvalue weighted by Gasteiger charge is 2.70. The molecule has 2 nitrogen and oxygen atoms in total. The first-order chi connectivity index (χ1) is 6.48. The Bertz CT molecular complexity index is 346. The molecule has 0 unspecified atom stereocenters. The number of ketones is 2. The molecule has 0 N–H and O–H groups in total. The van der Waals surface area contributed by atoms with Crippen LogP contribution in [0.5, 0.6) is 0 Å². The Hall–Kier alpha value is -0.660. The standard InChI is InChI=1S/C12H16O2/c1-11-6-9(13)4-8-3-7(11)5-10(14)12(8,11)2/h7-8H,3-6H2,1-2H3/t7-,8-,11-,12+/m1/s1. The maximum atomic E-state index is 12.0. The number of carbonyl (C=O) groups is 2. The third kappa shape index (κ3) is 0.645. The molecule has 0 amide bonds. The van der Waals surface area contributed by atoms with E-state index in [-0.39, 0.29) is 10.8 Å². The van der Waals surface area contributed by atoms with E-state index in [0.29, 0.717) is 36.2 Å². The van der Waals surface area contributed by atoms with E-state index in [1.165, 1.54) is 0 Å². The van der Waals surface area contributed by atoms with E-state index in [1.807, 2.05) is 0 Å². The molecule has 0 heterocycles. The molecule has 3 aliphatic rings. The van der Waals surface area contributed by atoms with Gasteiger partial charge in [0, 0.05) is 24.7 Å². The SMILES string of the molecule is C[C@@]12CC(=O)C[C@H]3C[C@@H]1CC(=O)[C@]32C. The quantitative estimate of drug-likeness (QED) is 0.588. The van der Waals surface area contributed by atoms with Crippen molar-refractivity contribution in [2.24, 2.45) is 22.7 Å². The number of hydrogen-bond acceptors (Lipinski definition) is 2. The van der Waals surface area contributed by atoms with Crippen LogP contribution in [0.15, 0.2) is 0 Å². The fraction of sp³-hybridized carbons (Fsp3) is 0.833. The molecule has 3 saturated carbocycles. The Kier molecular flexibility index (Phi) is 1.31. The Balaban J connectivity index is 2.17. The summed E-state index contributed by atoms with van der Waals surface area (Å²) in [6.07, 6.45) is 3.16. The van der Waals surface area contributed by atoms with Gasteiger partial charge >= 0.3 is 0 Å². The summed E-state index contributed by atoms with van der Waals surface area (Å²) >= 11 is 0. The molecule has 0 spiro atoms. The molecule has 3 aliphatic carbocycles. The van der Waals surface area contributed by atoms with Crippen LogP contribution in [0.25, 0.3) is 0 Å². The Morgan fingerprint density at radius 1 is 1.14 bits per heavy atom. The van der Waals surface area contributed by atoms with Gasteiger partial charge in [-0.1, -0.05) is 13.8 Å². The summed E-state index contributed by atoms with van der Waals surface area (Å²) in [6, 6.07) is 0. The van der Waals surface area contributed by atoms with Crippen molar-refractivity contribution in [1.82, 2.24) is 0 Å². The molecule has 0 aromatic carbocycles. The zero-order valence-electron chi connectivity index (χ0n) is 8.80. The van der Waals surface area contributed by atoms with Gasteiger partial charge in [-0.2, -0.15) is 0 Å². The van der Waals surface area contributed by atoms with Gasteiger partial charge in [-0.3, -0.25) is 9.59 Å². The average molecular weight is 192 g/mol. The highest BCUT2D eigenvalue weighted by atomic mass is 16.1. The van der Waals surface area contributed by atoms with Crippen LogP contribution in [0.4, 0.5) is 0 Å². The van der Waals surface area contributed by atoms with E-state index < -0.39 is 0 Å². The lowest BCUT2D eigenvalue weighted by Crippen LogP contribution is -2.45. The molecular weight excluding hydrogens is 176 g/mol. The summed E-state index contributed by atoms with van der Waals surface area (Å²) in [6.45, 7) is 4.28. The van der Waals surface area contributed by atoms with Crippen LogP contribution in [0.1, 0.15) is 39.5 Å². The smallest absolute Gasteiger partial charge is 0.139 e. The topological polar surface area (TPSA) is 34.1 Å². The van der Waals surface area contributed by atoms with E-state index in [4.69, 9.17) is 0 Å². The summed E-state index contributed by atoms with van der Waals surface area (Å²) in [5.74, 6) is 1.66. The lowest BCUT2D eigenvalue weighted by atomic mass is 9.58. The predicted octanol–water partition coefficient (Wildman–Crippen LogP) is 1.97. The molecule has 0 aromatic rings. The molecule has 2 heteroatoms. The van der Waals surface area contributed by atoms with Crippen LogP contribution in [0.2, 0.25) is 0 Å². The first-order valence-corrected chi connectivity index (χ1v) is 5.53. The normalized spacial score (nSPS) is 55.6. The van der Waals surface area contributed by atoms with E-state index in [0.717, 1.165) is 12.8 Å². The molecule has 4 bridgehead atoms. The zero-order chi connectivity index (χ0) is 10.1. The molecule has 76 valence electrons. The van der Waals surface area contributed by atoms with Crippen molar-refractivity contribution < 1.29 is 9.59 Å². The van der Waals surface area contributed by atoms with Crippen molar-refractivity contribution in [1.29, 1.82) is 0 Å². The minimum atomic E-state index is -0.161.